The van der Waals surface area contributed by atoms with Crippen LogP contribution in [-0.2, 0) is 0 Å². The normalized spacial score (nSPS) is 10.7. The second-order valence-electron chi connectivity index (χ2n) is 6.91. The van der Waals surface area contributed by atoms with Crippen LogP contribution >= 0.6 is 0 Å². The lowest BCUT2D eigenvalue weighted by Gasteiger charge is -2.14. The first-order chi connectivity index (χ1) is 16.0. The van der Waals surface area contributed by atoms with Crippen molar-refractivity contribution in [3.8, 4) is 28.7 Å². The molecule has 0 aliphatic carbocycles. The Balaban J connectivity index is 1.93. The number of benzene rings is 2. The minimum absolute atomic E-state index is 0.108. The number of pyridine rings is 1. The molecule has 0 atom stereocenters. The summed E-state index contributed by atoms with van der Waals surface area (Å²) in [4.78, 5) is 17.8. The summed E-state index contributed by atoms with van der Waals surface area (Å²) in [6.45, 7) is 0. The van der Waals surface area contributed by atoms with Crippen molar-refractivity contribution in [2.24, 2.45) is 0 Å². The van der Waals surface area contributed by atoms with E-state index in [0.717, 1.165) is 0 Å². The molecular formula is C24H22N2O7. The highest BCUT2D eigenvalue weighted by atomic mass is 16.5. The van der Waals surface area contributed by atoms with Crippen molar-refractivity contribution in [1.29, 1.82) is 0 Å². The molecule has 2 aromatic carbocycles. The Hall–Kier alpha value is -4.40. The molecule has 0 saturated carbocycles. The number of carbonyl (C=O) groups excluding carboxylic acids is 1. The van der Waals surface area contributed by atoms with Crippen LogP contribution in [0.1, 0.15) is 15.9 Å². The van der Waals surface area contributed by atoms with Gasteiger partial charge in [-0.15, -0.1) is 0 Å². The Kier molecular flexibility index (Phi) is 5.95. The van der Waals surface area contributed by atoms with Crippen molar-refractivity contribution in [3.63, 3.8) is 0 Å². The SMILES string of the molecule is COc1cc(C(=O)c2c(Nc3cccnc3)oc3c(O)c(OC)ccc23)cc(OC)c1OC. The van der Waals surface area contributed by atoms with Crippen LogP contribution in [0.4, 0.5) is 11.6 Å². The van der Waals surface area contributed by atoms with E-state index >= 15 is 0 Å². The number of rotatable bonds is 8. The molecule has 0 aliphatic heterocycles. The van der Waals surface area contributed by atoms with Gasteiger partial charge in [-0.25, -0.2) is 0 Å². The number of furan rings is 1. The Morgan fingerprint density at radius 1 is 0.970 bits per heavy atom. The van der Waals surface area contributed by atoms with Crippen molar-refractivity contribution < 1.29 is 33.3 Å². The van der Waals surface area contributed by atoms with Crippen LogP contribution in [0.2, 0.25) is 0 Å². The van der Waals surface area contributed by atoms with Crippen LogP contribution in [0, 0.1) is 0 Å². The van der Waals surface area contributed by atoms with Crippen molar-refractivity contribution in [2.45, 2.75) is 0 Å². The van der Waals surface area contributed by atoms with Crippen LogP contribution in [-0.4, -0.2) is 44.3 Å². The molecule has 2 N–H and O–H groups in total. The van der Waals surface area contributed by atoms with Gasteiger partial charge in [0.25, 0.3) is 0 Å². The van der Waals surface area contributed by atoms with E-state index in [1.807, 2.05) is 0 Å². The number of anilines is 2. The number of carbonyl (C=O) groups is 1. The third-order valence-corrected chi connectivity index (χ3v) is 5.09. The van der Waals surface area contributed by atoms with Gasteiger partial charge in [0.1, 0.15) is 0 Å². The highest BCUT2D eigenvalue weighted by Gasteiger charge is 2.27. The molecule has 0 saturated heterocycles. The summed E-state index contributed by atoms with van der Waals surface area (Å²) in [5, 5.41) is 14.1. The van der Waals surface area contributed by atoms with Crippen LogP contribution in [0.25, 0.3) is 11.0 Å². The number of ether oxygens (including phenoxy) is 4. The summed E-state index contributed by atoms with van der Waals surface area (Å²) in [7, 11) is 5.86. The zero-order valence-corrected chi connectivity index (χ0v) is 18.5. The summed E-state index contributed by atoms with van der Waals surface area (Å²) in [6, 6.07) is 9.84. The highest BCUT2D eigenvalue weighted by Crippen LogP contribution is 2.44. The second-order valence-corrected chi connectivity index (χ2v) is 6.91. The molecule has 0 unspecified atom stereocenters. The smallest absolute Gasteiger partial charge is 0.210 e. The Bertz CT molecular complexity index is 1290. The number of nitrogens with zero attached hydrogens (tertiary/aromatic N) is 1. The Morgan fingerprint density at radius 3 is 2.24 bits per heavy atom. The lowest BCUT2D eigenvalue weighted by atomic mass is 10.0. The quantitative estimate of drug-likeness (QED) is 0.374. The maximum Gasteiger partial charge on any atom is 0.210 e. The molecule has 4 rings (SSSR count). The number of aromatic hydroxyl groups is 1. The topological polar surface area (TPSA) is 112 Å². The van der Waals surface area contributed by atoms with Crippen LogP contribution in [0.5, 0.6) is 28.7 Å². The van der Waals surface area contributed by atoms with Crippen molar-refractivity contribution in [1.82, 2.24) is 4.98 Å². The zero-order chi connectivity index (χ0) is 23.5. The Morgan fingerprint density at radius 2 is 1.67 bits per heavy atom. The highest BCUT2D eigenvalue weighted by molar-refractivity contribution is 6.20. The van der Waals surface area contributed by atoms with Crippen molar-refractivity contribution in [2.75, 3.05) is 33.8 Å². The lowest BCUT2D eigenvalue weighted by Crippen LogP contribution is -2.06. The largest absolute Gasteiger partial charge is 0.502 e. The number of fused-ring (bicyclic) bond motifs is 1. The van der Waals surface area contributed by atoms with E-state index in [1.54, 1.807) is 48.8 Å². The zero-order valence-electron chi connectivity index (χ0n) is 18.5. The summed E-state index contributed by atoms with van der Waals surface area (Å²) < 4.78 is 27.2. The fourth-order valence-electron chi connectivity index (χ4n) is 3.53. The number of hydrogen-bond acceptors (Lipinski definition) is 9. The van der Waals surface area contributed by atoms with E-state index in [0.29, 0.717) is 28.3 Å². The lowest BCUT2D eigenvalue weighted by molar-refractivity contribution is 0.103. The molecule has 2 aromatic heterocycles. The number of methoxy groups -OCH3 is 4. The van der Waals surface area contributed by atoms with Gasteiger partial charge in [-0.3, -0.25) is 9.78 Å². The average Bonchev–Trinajstić information content (AvgIpc) is 3.22. The number of phenolic OH excluding ortho intramolecular Hbond substituents is 1. The molecule has 0 fully saturated rings. The van der Waals surface area contributed by atoms with Crippen molar-refractivity contribution >= 4 is 28.3 Å². The summed E-state index contributed by atoms with van der Waals surface area (Å²) in [5.41, 5.74) is 1.19. The molecular weight excluding hydrogens is 428 g/mol. The minimum Gasteiger partial charge on any atom is -0.502 e. The van der Waals surface area contributed by atoms with Gasteiger partial charge in [-0.05, 0) is 36.4 Å². The van der Waals surface area contributed by atoms with E-state index in [2.05, 4.69) is 10.3 Å². The maximum atomic E-state index is 13.8. The van der Waals surface area contributed by atoms with E-state index < -0.39 is 0 Å². The molecule has 9 nitrogen and oxygen atoms in total. The van der Waals surface area contributed by atoms with E-state index in [-0.39, 0.29) is 39.9 Å². The van der Waals surface area contributed by atoms with Gasteiger partial charge in [-0.1, -0.05) is 0 Å². The third-order valence-electron chi connectivity index (χ3n) is 5.09. The van der Waals surface area contributed by atoms with Gasteiger partial charge in [0, 0.05) is 17.1 Å². The fraction of sp³-hybridized carbons (Fsp3) is 0.167. The summed E-state index contributed by atoms with van der Waals surface area (Å²) in [5.74, 6) is 0.789. The van der Waals surface area contributed by atoms with Gasteiger partial charge >= 0.3 is 0 Å². The number of hydrogen-bond donors (Lipinski definition) is 2. The van der Waals surface area contributed by atoms with Gasteiger partial charge in [-0.2, -0.15) is 0 Å². The molecule has 0 spiro atoms. The first-order valence-electron chi connectivity index (χ1n) is 9.86. The number of aromatic nitrogens is 1. The summed E-state index contributed by atoms with van der Waals surface area (Å²) in [6.07, 6.45) is 3.21. The molecule has 33 heavy (non-hydrogen) atoms. The van der Waals surface area contributed by atoms with Crippen LogP contribution in [0.3, 0.4) is 0 Å². The van der Waals surface area contributed by atoms with Crippen LogP contribution in [0.15, 0.2) is 53.2 Å². The average molecular weight is 450 g/mol. The van der Waals surface area contributed by atoms with Gasteiger partial charge in [0.15, 0.2) is 28.6 Å². The Labute approximate surface area is 189 Å². The number of phenols is 1. The number of nitrogens with one attached hydrogen (secondary N) is 1. The second kappa shape index (κ2) is 8.99. The molecule has 0 bridgehead atoms. The minimum atomic E-state index is -0.385. The van der Waals surface area contributed by atoms with Crippen LogP contribution < -0.4 is 24.3 Å². The number of ketones is 1. The first kappa shape index (κ1) is 21.8. The first-order valence-corrected chi connectivity index (χ1v) is 9.86. The molecule has 4 aromatic rings. The van der Waals surface area contributed by atoms with E-state index in [1.165, 1.54) is 28.4 Å². The molecule has 170 valence electrons. The monoisotopic (exact) mass is 450 g/mol. The molecule has 9 heteroatoms. The van der Waals surface area contributed by atoms with Gasteiger partial charge in [0.2, 0.25) is 17.4 Å². The standard InChI is InChI=1S/C24H22N2O7/c1-29-16-8-7-15-19(20(27)13-10-17(30-2)23(32-4)18(11-13)31-3)24(33-22(15)21(16)28)26-14-6-5-9-25-12-14/h5-12,26,28H,1-4H3. The van der Waals surface area contributed by atoms with Gasteiger partial charge < -0.3 is 33.8 Å². The fourth-order valence-corrected chi connectivity index (χ4v) is 3.53. The van der Waals surface area contributed by atoms with E-state index in [4.69, 9.17) is 23.4 Å². The van der Waals surface area contributed by atoms with Crippen molar-refractivity contribution in [3.05, 3.63) is 59.9 Å². The maximum absolute atomic E-state index is 13.8. The summed E-state index contributed by atoms with van der Waals surface area (Å²) >= 11 is 0. The molecule has 0 radical (unpaired) electrons. The predicted molar refractivity (Wildman–Crippen MR) is 121 cm³/mol. The third kappa shape index (κ3) is 3.84. The molecule has 0 aliphatic rings. The van der Waals surface area contributed by atoms with Gasteiger partial charge in [0.05, 0.1) is 45.9 Å². The molecule has 2 heterocycles. The molecule has 0 amide bonds. The predicted octanol–water partition coefficient (Wildman–Crippen LogP) is 4.54. The van der Waals surface area contributed by atoms with E-state index in [9.17, 15) is 9.90 Å².